The molecular weight excluding hydrogens is 197 g/mol. The van der Waals surface area contributed by atoms with E-state index in [-0.39, 0.29) is 0 Å². The van der Waals surface area contributed by atoms with Crippen molar-refractivity contribution in [2.24, 2.45) is 0 Å². The van der Waals surface area contributed by atoms with E-state index >= 15 is 0 Å². The summed E-state index contributed by atoms with van der Waals surface area (Å²) in [5.74, 6) is -2.10. The summed E-state index contributed by atoms with van der Waals surface area (Å²) in [7, 11) is 0. The topological polar surface area (TPSA) is 26.3 Å². The van der Waals surface area contributed by atoms with Gasteiger partial charge >= 0.3 is 12.1 Å². The number of unbranched alkanes of at least 4 members (excludes halogenated alkanes) is 2. The molecule has 0 aliphatic heterocycles. The van der Waals surface area contributed by atoms with Gasteiger partial charge < -0.3 is 4.74 Å². The molecule has 0 spiro atoms. The number of carbonyl (C=O) groups excluding carboxylic acids is 1. The number of alkyl halides is 3. The quantitative estimate of drug-likeness (QED) is 0.517. The van der Waals surface area contributed by atoms with Gasteiger partial charge in [0.15, 0.2) is 0 Å². The maximum absolute atomic E-state index is 11.7. The summed E-state index contributed by atoms with van der Waals surface area (Å²) in [6, 6.07) is 0. The van der Waals surface area contributed by atoms with E-state index in [0.29, 0.717) is 6.42 Å². The molecule has 14 heavy (non-hydrogen) atoms. The number of hydrogen-bond donors (Lipinski definition) is 0. The van der Waals surface area contributed by atoms with Crippen LogP contribution in [0.2, 0.25) is 0 Å². The predicted octanol–water partition coefficient (Wildman–Crippen LogP) is 3.06. The summed E-state index contributed by atoms with van der Waals surface area (Å²) in [4.78, 5) is 10.4. The fraction of sp³-hybridized carbons (Fsp3) is 0.889. The van der Waals surface area contributed by atoms with E-state index in [1.807, 2.05) is 6.92 Å². The van der Waals surface area contributed by atoms with Crippen molar-refractivity contribution in [3.8, 4) is 0 Å². The first-order chi connectivity index (χ1) is 6.38. The van der Waals surface area contributed by atoms with Crippen molar-refractivity contribution in [3.05, 3.63) is 0 Å². The molecule has 0 bridgehead atoms. The van der Waals surface area contributed by atoms with Gasteiger partial charge in [-0.1, -0.05) is 19.8 Å². The van der Waals surface area contributed by atoms with Crippen LogP contribution in [0.1, 0.15) is 39.5 Å². The highest BCUT2D eigenvalue weighted by Gasteiger charge is 2.41. The molecule has 0 aliphatic rings. The molecule has 0 heterocycles. The lowest BCUT2D eigenvalue weighted by molar-refractivity contribution is -0.204. The second-order valence-electron chi connectivity index (χ2n) is 3.21. The van der Waals surface area contributed by atoms with Crippen LogP contribution in [0.25, 0.3) is 0 Å². The van der Waals surface area contributed by atoms with Crippen molar-refractivity contribution in [2.75, 3.05) is 0 Å². The third kappa shape index (κ3) is 5.83. The Hall–Kier alpha value is -0.740. The summed E-state index contributed by atoms with van der Waals surface area (Å²) < 4.78 is 39.4. The molecule has 84 valence electrons. The second kappa shape index (κ2) is 5.88. The van der Waals surface area contributed by atoms with Gasteiger partial charge in [0.1, 0.15) is 0 Å². The van der Waals surface area contributed by atoms with Gasteiger partial charge in [-0.3, -0.25) is 0 Å². The van der Waals surface area contributed by atoms with Crippen LogP contribution in [0, 0.1) is 0 Å². The first kappa shape index (κ1) is 13.3. The van der Waals surface area contributed by atoms with E-state index < -0.39 is 18.2 Å². The number of halogens is 3. The molecule has 0 fully saturated rings. The van der Waals surface area contributed by atoms with Crippen LogP contribution < -0.4 is 0 Å². The molecule has 0 aromatic heterocycles. The zero-order chi connectivity index (χ0) is 11.2. The SMILES string of the molecule is CCCCCC(C)OC(=O)C(F)(F)F. The summed E-state index contributed by atoms with van der Waals surface area (Å²) in [6.07, 6.45) is -2.35. The molecule has 0 saturated heterocycles. The Morgan fingerprint density at radius 2 is 1.93 bits per heavy atom. The molecule has 5 heteroatoms. The molecule has 0 radical (unpaired) electrons. The second-order valence-corrected chi connectivity index (χ2v) is 3.21. The molecule has 1 unspecified atom stereocenters. The zero-order valence-corrected chi connectivity index (χ0v) is 8.36. The molecule has 0 amide bonds. The highest BCUT2D eigenvalue weighted by molar-refractivity contribution is 5.75. The minimum Gasteiger partial charge on any atom is -0.456 e. The highest BCUT2D eigenvalue weighted by Crippen LogP contribution is 2.18. The Morgan fingerprint density at radius 3 is 2.36 bits per heavy atom. The van der Waals surface area contributed by atoms with E-state index in [4.69, 9.17) is 0 Å². The molecule has 0 aromatic carbocycles. The average molecular weight is 212 g/mol. The van der Waals surface area contributed by atoms with Crippen LogP contribution >= 0.6 is 0 Å². The lowest BCUT2D eigenvalue weighted by Crippen LogP contribution is -2.28. The molecule has 0 saturated carbocycles. The van der Waals surface area contributed by atoms with Gasteiger partial charge in [-0.25, -0.2) is 4.79 Å². The Bertz CT molecular complexity index is 177. The largest absolute Gasteiger partial charge is 0.490 e. The van der Waals surface area contributed by atoms with Gasteiger partial charge in [0, 0.05) is 0 Å². The number of esters is 1. The van der Waals surface area contributed by atoms with Gasteiger partial charge in [0.05, 0.1) is 6.10 Å². The Labute approximate surface area is 81.4 Å². The van der Waals surface area contributed by atoms with Crippen molar-refractivity contribution in [2.45, 2.75) is 51.8 Å². The van der Waals surface area contributed by atoms with Crippen LogP contribution in [0.4, 0.5) is 13.2 Å². The standard InChI is InChI=1S/C9H15F3O2/c1-3-4-5-6-7(2)14-8(13)9(10,11)12/h7H,3-6H2,1-2H3. The number of carbonyl (C=O) groups is 1. The normalized spacial score (nSPS) is 13.8. The van der Waals surface area contributed by atoms with Crippen molar-refractivity contribution < 1.29 is 22.7 Å². The predicted molar refractivity (Wildman–Crippen MR) is 45.8 cm³/mol. The summed E-state index contributed by atoms with van der Waals surface area (Å²) >= 11 is 0. The lowest BCUT2D eigenvalue weighted by Gasteiger charge is -2.13. The van der Waals surface area contributed by atoms with Crippen LogP contribution in [-0.4, -0.2) is 18.2 Å². The maximum atomic E-state index is 11.7. The number of rotatable bonds is 5. The van der Waals surface area contributed by atoms with E-state index in [9.17, 15) is 18.0 Å². The zero-order valence-electron chi connectivity index (χ0n) is 8.36. The Kier molecular flexibility index (Phi) is 5.57. The number of ether oxygens (including phenoxy) is 1. The van der Waals surface area contributed by atoms with Crippen LogP contribution in [-0.2, 0) is 9.53 Å². The third-order valence-corrected chi connectivity index (χ3v) is 1.75. The van der Waals surface area contributed by atoms with E-state index in [1.165, 1.54) is 6.92 Å². The number of hydrogen-bond acceptors (Lipinski definition) is 2. The molecule has 0 rings (SSSR count). The van der Waals surface area contributed by atoms with E-state index in [1.54, 1.807) is 0 Å². The molecule has 2 nitrogen and oxygen atoms in total. The maximum Gasteiger partial charge on any atom is 0.490 e. The van der Waals surface area contributed by atoms with Crippen molar-refractivity contribution in [1.29, 1.82) is 0 Å². The fourth-order valence-corrected chi connectivity index (χ4v) is 0.990. The molecule has 1 atom stereocenters. The smallest absolute Gasteiger partial charge is 0.456 e. The Morgan fingerprint density at radius 1 is 1.36 bits per heavy atom. The van der Waals surface area contributed by atoms with Crippen molar-refractivity contribution >= 4 is 5.97 Å². The molecule has 0 N–H and O–H groups in total. The summed E-state index contributed by atoms with van der Waals surface area (Å²) in [5.41, 5.74) is 0. The van der Waals surface area contributed by atoms with E-state index in [2.05, 4.69) is 4.74 Å². The summed E-state index contributed by atoms with van der Waals surface area (Å²) in [6.45, 7) is 3.46. The Balaban J connectivity index is 3.72. The summed E-state index contributed by atoms with van der Waals surface area (Å²) in [5, 5.41) is 0. The first-order valence-electron chi connectivity index (χ1n) is 4.65. The first-order valence-corrected chi connectivity index (χ1v) is 4.65. The van der Waals surface area contributed by atoms with Gasteiger partial charge in [-0.05, 0) is 19.8 Å². The van der Waals surface area contributed by atoms with Gasteiger partial charge in [-0.15, -0.1) is 0 Å². The lowest BCUT2D eigenvalue weighted by atomic mass is 10.1. The molecule has 0 aliphatic carbocycles. The molecular formula is C9H15F3O2. The monoisotopic (exact) mass is 212 g/mol. The molecule has 0 aromatic rings. The van der Waals surface area contributed by atoms with Gasteiger partial charge in [0.25, 0.3) is 0 Å². The van der Waals surface area contributed by atoms with Crippen LogP contribution in [0.5, 0.6) is 0 Å². The van der Waals surface area contributed by atoms with E-state index in [0.717, 1.165) is 19.3 Å². The van der Waals surface area contributed by atoms with Crippen molar-refractivity contribution in [3.63, 3.8) is 0 Å². The van der Waals surface area contributed by atoms with Gasteiger partial charge in [-0.2, -0.15) is 13.2 Å². The van der Waals surface area contributed by atoms with Crippen LogP contribution in [0.3, 0.4) is 0 Å². The highest BCUT2D eigenvalue weighted by atomic mass is 19.4. The van der Waals surface area contributed by atoms with Gasteiger partial charge in [0.2, 0.25) is 0 Å². The minimum absolute atomic E-state index is 0.482. The average Bonchev–Trinajstić information content (AvgIpc) is 2.03. The minimum atomic E-state index is -4.88. The van der Waals surface area contributed by atoms with Crippen molar-refractivity contribution in [1.82, 2.24) is 0 Å². The fourth-order valence-electron chi connectivity index (χ4n) is 0.990. The third-order valence-electron chi connectivity index (χ3n) is 1.75. The van der Waals surface area contributed by atoms with Crippen LogP contribution in [0.15, 0.2) is 0 Å².